The lowest BCUT2D eigenvalue weighted by Gasteiger charge is -2.23. The largest absolute Gasteiger partial charge is 0.341 e. The molecule has 0 fully saturated rings. The van der Waals surface area contributed by atoms with E-state index in [1.165, 1.54) is 32.9 Å². The van der Waals surface area contributed by atoms with Crippen molar-refractivity contribution >= 4 is 21.8 Å². The van der Waals surface area contributed by atoms with Crippen LogP contribution in [0.1, 0.15) is 45.2 Å². The summed E-state index contributed by atoms with van der Waals surface area (Å²) in [6.45, 7) is 12.3. The molecule has 1 nitrogen and oxygen atoms in total. The SMILES string of the molecule is CCn1c2ccc(C)cc2c2cc(C(C)(C)CC)ccc21. The third-order valence-corrected chi connectivity index (χ3v) is 5.00. The number of nitrogens with zero attached hydrogens (tertiary/aromatic N) is 1. The number of rotatable bonds is 3. The molecule has 0 aliphatic carbocycles. The van der Waals surface area contributed by atoms with Gasteiger partial charge in [-0.1, -0.05) is 38.5 Å². The van der Waals surface area contributed by atoms with E-state index in [1.54, 1.807) is 0 Å². The molecule has 0 radical (unpaired) electrons. The second-order valence-electron chi connectivity index (χ2n) is 6.73. The maximum Gasteiger partial charge on any atom is 0.0491 e. The van der Waals surface area contributed by atoms with Crippen molar-refractivity contribution in [3.8, 4) is 0 Å². The average Bonchev–Trinajstić information content (AvgIpc) is 2.79. The van der Waals surface area contributed by atoms with Gasteiger partial charge in [0, 0.05) is 28.4 Å². The highest BCUT2D eigenvalue weighted by molar-refractivity contribution is 6.08. The second kappa shape index (κ2) is 4.91. The van der Waals surface area contributed by atoms with Crippen LogP contribution in [0.3, 0.4) is 0 Å². The highest BCUT2D eigenvalue weighted by Crippen LogP contribution is 2.34. The summed E-state index contributed by atoms with van der Waals surface area (Å²) in [5.41, 5.74) is 5.71. The Morgan fingerprint density at radius 1 is 0.905 bits per heavy atom. The van der Waals surface area contributed by atoms with Crippen LogP contribution >= 0.6 is 0 Å². The molecule has 0 atom stereocenters. The lowest BCUT2D eigenvalue weighted by Crippen LogP contribution is -2.15. The molecule has 21 heavy (non-hydrogen) atoms. The molecular formula is C20H25N. The fourth-order valence-electron chi connectivity index (χ4n) is 3.18. The monoisotopic (exact) mass is 279 g/mol. The van der Waals surface area contributed by atoms with Crippen molar-refractivity contribution in [2.75, 3.05) is 0 Å². The number of fused-ring (bicyclic) bond motifs is 3. The molecule has 110 valence electrons. The molecule has 1 heteroatoms. The van der Waals surface area contributed by atoms with Crippen LogP contribution in [0.5, 0.6) is 0 Å². The average molecular weight is 279 g/mol. The van der Waals surface area contributed by atoms with Gasteiger partial charge in [-0.15, -0.1) is 0 Å². The Labute approximate surface area is 127 Å². The van der Waals surface area contributed by atoms with E-state index in [2.05, 4.69) is 75.6 Å². The number of aryl methyl sites for hydroxylation is 2. The minimum Gasteiger partial charge on any atom is -0.341 e. The lowest BCUT2D eigenvalue weighted by atomic mass is 9.82. The molecule has 0 bridgehead atoms. The van der Waals surface area contributed by atoms with Gasteiger partial charge in [-0.05, 0) is 55.5 Å². The van der Waals surface area contributed by atoms with E-state index in [4.69, 9.17) is 0 Å². The molecule has 0 saturated heterocycles. The van der Waals surface area contributed by atoms with E-state index in [1.807, 2.05) is 0 Å². The molecule has 0 aliphatic heterocycles. The highest BCUT2D eigenvalue weighted by atomic mass is 15.0. The second-order valence-corrected chi connectivity index (χ2v) is 6.73. The molecule has 1 aromatic heterocycles. The summed E-state index contributed by atoms with van der Waals surface area (Å²) < 4.78 is 2.42. The number of benzene rings is 2. The summed E-state index contributed by atoms with van der Waals surface area (Å²) in [4.78, 5) is 0. The van der Waals surface area contributed by atoms with Gasteiger partial charge in [0.25, 0.3) is 0 Å². The quantitative estimate of drug-likeness (QED) is 0.570. The zero-order valence-electron chi connectivity index (χ0n) is 13.8. The van der Waals surface area contributed by atoms with Crippen LogP contribution in [-0.2, 0) is 12.0 Å². The molecule has 3 rings (SSSR count). The summed E-state index contributed by atoms with van der Waals surface area (Å²) in [6, 6.07) is 13.8. The van der Waals surface area contributed by atoms with Gasteiger partial charge in [0.1, 0.15) is 0 Å². The summed E-state index contributed by atoms with van der Waals surface area (Å²) in [5, 5.41) is 2.79. The molecule has 2 aromatic carbocycles. The summed E-state index contributed by atoms with van der Waals surface area (Å²) in [6.07, 6.45) is 1.16. The van der Waals surface area contributed by atoms with Gasteiger partial charge >= 0.3 is 0 Å². The fraction of sp³-hybridized carbons (Fsp3) is 0.400. The summed E-state index contributed by atoms with van der Waals surface area (Å²) in [7, 11) is 0. The summed E-state index contributed by atoms with van der Waals surface area (Å²) >= 11 is 0. The van der Waals surface area contributed by atoms with Crippen molar-refractivity contribution in [2.45, 2.75) is 53.0 Å². The van der Waals surface area contributed by atoms with Crippen molar-refractivity contribution < 1.29 is 0 Å². The first-order valence-corrected chi connectivity index (χ1v) is 8.01. The van der Waals surface area contributed by atoms with Crippen molar-refractivity contribution in [2.24, 2.45) is 0 Å². The van der Waals surface area contributed by atoms with Crippen molar-refractivity contribution in [1.29, 1.82) is 0 Å². The van der Waals surface area contributed by atoms with E-state index < -0.39 is 0 Å². The predicted octanol–water partition coefficient (Wildman–Crippen LogP) is 5.81. The molecule has 1 heterocycles. The van der Waals surface area contributed by atoms with E-state index in [-0.39, 0.29) is 5.41 Å². The van der Waals surface area contributed by atoms with Crippen LogP contribution in [0.2, 0.25) is 0 Å². The molecule has 0 aliphatic rings. The molecule has 0 amide bonds. The van der Waals surface area contributed by atoms with E-state index in [0.29, 0.717) is 0 Å². The smallest absolute Gasteiger partial charge is 0.0491 e. The fourth-order valence-corrected chi connectivity index (χ4v) is 3.18. The van der Waals surface area contributed by atoms with Gasteiger partial charge in [0.05, 0.1) is 0 Å². The Morgan fingerprint density at radius 2 is 1.52 bits per heavy atom. The molecular weight excluding hydrogens is 254 g/mol. The number of hydrogen-bond acceptors (Lipinski definition) is 0. The van der Waals surface area contributed by atoms with Gasteiger partial charge in [0.2, 0.25) is 0 Å². The van der Waals surface area contributed by atoms with E-state index in [9.17, 15) is 0 Å². The maximum atomic E-state index is 2.42. The molecule has 0 unspecified atom stereocenters. The third-order valence-electron chi connectivity index (χ3n) is 5.00. The summed E-state index contributed by atoms with van der Waals surface area (Å²) in [5.74, 6) is 0. The molecule has 0 spiro atoms. The maximum absolute atomic E-state index is 2.42. The zero-order chi connectivity index (χ0) is 15.2. The topological polar surface area (TPSA) is 4.93 Å². The van der Waals surface area contributed by atoms with Crippen LogP contribution in [0.4, 0.5) is 0 Å². The molecule has 0 saturated carbocycles. The number of aromatic nitrogens is 1. The minimum absolute atomic E-state index is 0.235. The van der Waals surface area contributed by atoms with Gasteiger partial charge in [-0.2, -0.15) is 0 Å². The first-order chi connectivity index (χ1) is 9.97. The van der Waals surface area contributed by atoms with Gasteiger partial charge < -0.3 is 4.57 Å². The molecule has 0 N–H and O–H groups in total. The first kappa shape index (κ1) is 14.2. The van der Waals surface area contributed by atoms with Crippen molar-refractivity contribution in [3.05, 3.63) is 47.5 Å². The Hall–Kier alpha value is -1.76. The van der Waals surface area contributed by atoms with Gasteiger partial charge in [-0.3, -0.25) is 0 Å². The van der Waals surface area contributed by atoms with E-state index in [0.717, 1.165) is 13.0 Å². The van der Waals surface area contributed by atoms with Crippen molar-refractivity contribution in [3.63, 3.8) is 0 Å². The standard InChI is InChI=1S/C20H25N/c1-6-20(4,5)15-9-11-19-17(13-15)16-12-14(3)8-10-18(16)21(19)7-2/h8-13H,6-7H2,1-5H3. The normalized spacial score (nSPS) is 12.4. The first-order valence-electron chi connectivity index (χ1n) is 8.01. The Bertz CT molecular complexity index is 805. The van der Waals surface area contributed by atoms with Crippen LogP contribution in [-0.4, -0.2) is 4.57 Å². The predicted molar refractivity (Wildman–Crippen MR) is 93.2 cm³/mol. The van der Waals surface area contributed by atoms with Gasteiger partial charge in [0.15, 0.2) is 0 Å². The Kier molecular flexibility index (Phi) is 3.32. The van der Waals surface area contributed by atoms with Crippen LogP contribution < -0.4 is 0 Å². The molecule has 3 aromatic rings. The number of hydrogen-bond donors (Lipinski definition) is 0. The van der Waals surface area contributed by atoms with Crippen LogP contribution in [0.15, 0.2) is 36.4 Å². The third kappa shape index (κ3) is 2.16. The van der Waals surface area contributed by atoms with Crippen LogP contribution in [0, 0.1) is 6.92 Å². The Morgan fingerprint density at radius 3 is 2.14 bits per heavy atom. The minimum atomic E-state index is 0.235. The van der Waals surface area contributed by atoms with Crippen molar-refractivity contribution in [1.82, 2.24) is 4.57 Å². The van der Waals surface area contributed by atoms with Crippen LogP contribution in [0.25, 0.3) is 21.8 Å². The lowest BCUT2D eigenvalue weighted by molar-refractivity contribution is 0.507. The Balaban J connectivity index is 2.39. The van der Waals surface area contributed by atoms with Gasteiger partial charge in [-0.25, -0.2) is 0 Å². The zero-order valence-corrected chi connectivity index (χ0v) is 13.8. The van der Waals surface area contributed by atoms with E-state index >= 15 is 0 Å². The highest BCUT2D eigenvalue weighted by Gasteiger charge is 2.19.